The van der Waals surface area contributed by atoms with Crippen molar-refractivity contribution < 1.29 is 25.5 Å². The van der Waals surface area contributed by atoms with Gasteiger partial charge in [0.05, 0.1) is 5.56 Å². The lowest BCUT2D eigenvalue weighted by atomic mass is 9.92. The van der Waals surface area contributed by atoms with Crippen LogP contribution in [-0.2, 0) is 12.2 Å². The summed E-state index contributed by atoms with van der Waals surface area (Å²) in [7, 11) is 0. The third kappa shape index (κ3) is 2.30. The van der Waals surface area contributed by atoms with Crippen LogP contribution in [0.4, 0.5) is 0 Å². The lowest BCUT2D eigenvalue weighted by Crippen LogP contribution is -2.22. The Morgan fingerprint density at radius 1 is 1.00 bits per heavy atom. The zero-order valence-corrected chi connectivity index (χ0v) is 10.2. The first kappa shape index (κ1) is 13.6. The van der Waals surface area contributed by atoms with Crippen molar-refractivity contribution in [1.82, 2.24) is 0 Å². The first-order chi connectivity index (χ1) is 7.71. The molecule has 1 aromatic rings. The average Bonchev–Trinajstić information content (AvgIpc) is 2.21. The van der Waals surface area contributed by atoms with Gasteiger partial charge in [0.25, 0.3) is 0 Å². The summed E-state index contributed by atoms with van der Waals surface area (Å²) in [4.78, 5) is 0. The van der Waals surface area contributed by atoms with Crippen molar-refractivity contribution in [2.45, 2.75) is 39.4 Å². The summed E-state index contributed by atoms with van der Waals surface area (Å²) in [6.07, 6.45) is 0.942. The molecule has 0 aliphatic heterocycles. The minimum Gasteiger partial charge on any atom is -0.507 e. The second kappa shape index (κ2) is 4.43. The molecular formula is C12H18O5. The van der Waals surface area contributed by atoms with E-state index in [2.05, 4.69) is 0 Å². The van der Waals surface area contributed by atoms with Gasteiger partial charge in [-0.15, -0.1) is 0 Å². The highest BCUT2D eigenvalue weighted by molar-refractivity contribution is 5.62. The van der Waals surface area contributed by atoms with E-state index in [1.54, 1.807) is 0 Å². The molecule has 0 unspecified atom stereocenters. The van der Waals surface area contributed by atoms with Crippen molar-refractivity contribution in [2.75, 3.05) is 0 Å². The van der Waals surface area contributed by atoms with Crippen molar-refractivity contribution in [3.05, 3.63) is 16.7 Å². The molecule has 0 saturated heterocycles. The van der Waals surface area contributed by atoms with Crippen molar-refractivity contribution in [3.63, 3.8) is 0 Å². The Balaban J connectivity index is 3.66. The van der Waals surface area contributed by atoms with Gasteiger partial charge in [-0.25, -0.2) is 0 Å². The molecule has 0 heterocycles. The predicted octanol–water partition coefficient (Wildman–Crippen LogP) is 1.22. The average molecular weight is 242 g/mol. The molecular weight excluding hydrogens is 224 g/mol. The predicted molar refractivity (Wildman–Crippen MR) is 62.0 cm³/mol. The SMILES string of the molecule is CCCc1c(O)c(O)c(C)c(O)c1C(C)(O)O. The van der Waals surface area contributed by atoms with Crippen LogP contribution in [-0.4, -0.2) is 25.5 Å². The molecule has 5 N–H and O–H groups in total. The minimum atomic E-state index is -2.27. The quantitative estimate of drug-likeness (QED) is 0.312. The molecule has 0 aliphatic rings. The second-order valence-corrected chi connectivity index (χ2v) is 4.30. The van der Waals surface area contributed by atoms with Crippen LogP contribution in [0.3, 0.4) is 0 Å². The number of rotatable bonds is 3. The Labute approximate surface area is 99.6 Å². The first-order valence-electron chi connectivity index (χ1n) is 5.43. The number of benzene rings is 1. The molecule has 0 aliphatic carbocycles. The van der Waals surface area contributed by atoms with E-state index in [1.807, 2.05) is 6.92 Å². The highest BCUT2D eigenvalue weighted by Gasteiger charge is 2.31. The van der Waals surface area contributed by atoms with Crippen LogP contribution in [0.5, 0.6) is 17.2 Å². The number of aliphatic hydroxyl groups is 2. The highest BCUT2D eigenvalue weighted by Crippen LogP contribution is 2.45. The molecule has 5 nitrogen and oxygen atoms in total. The van der Waals surface area contributed by atoms with Gasteiger partial charge in [0, 0.05) is 11.1 Å². The molecule has 0 radical (unpaired) electrons. The first-order valence-corrected chi connectivity index (χ1v) is 5.43. The van der Waals surface area contributed by atoms with Gasteiger partial charge < -0.3 is 25.5 Å². The fraction of sp³-hybridized carbons (Fsp3) is 0.500. The van der Waals surface area contributed by atoms with Gasteiger partial charge in [0.1, 0.15) is 5.75 Å². The molecule has 0 atom stereocenters. The smallest absolute Gasteiger partial charge is 0.190 e. The second-order valence-electron chi connectivity index (χ2n) is 4.30. The van der Waals surface area contributed by atoms with E-state index >= 15 is 0 Å². The minimum absolute atomic E-state index is 0.0201. The number of hydrogen-bond acceptors (Lipinski definition) is 5. The Kier molecular flexibility index (Phi) is 3.54. The molecule has 0 bridgehead atoms. The number of phenols is 3. The van der Waals surface area contributed by atoms with E-state index in [1.165, 1.54) is 6.92 Å². The summed E-state index contributed by atoms with van der Waals surface area (Å²) in [5, 5.41) is 48.5. The van der Waals surface area contributed by atoms with Crippen LogP contribution in [0.15, 0.2) is 0 Å². The maximum Gasteiger partial charge on any atom is 0.190 e. The molecule has 1 aromatic carbocycles. The normalized spacial score (nSPS) is 11.8. The lowest BCUT2D eigenvalue weighted by molar-refractivity contribution is -0.154. The Hall–Kier alpha value is -1.46. The van der Waals surface area contributed by atoms with Crippen molar-refractivity contribution in [2.24, 2.45) is 0 Å². The summed E-state index contributed by atoms with van der Waals surface area (Å²) in [6, 6.07) is 0. The summed E-state index contributed by atoms with van der Waals surface area (Å²) in [5.41, 5.74) is 0.0134. The van der Waals surface area contributed by atoms with E-state index in [9.17, 15) is 25.5 Å². The summed E-state index contributed by atoms with van der Waals surface area (Å²) < 4.78 is 0. The molecule has 1 rings (SSSR count). The molecule has 96 valence electrons. The van der Waals surface area contributed by atoms with Crippen molar-refractivity contribution in [3.8, 4) is 17.2 Å². The van der Waals surface area contributed by atoms with E-state index in [-0.39, 0.29) is 16.7 Å². The maximum absolute atomic E-state index is 9.85. The zero-order chi connectivity index (χ0) is 13.4. The summed E-state index contributed by atoms with van der Waals surface area (Å²) >= 11 is 0. The van der Waals surface area contributed by atoms with E-state index in [4.69, 9.17) is 0 Å². The Morgan fingerprint density at radius 2 is 1.53 bits per heavy atom. The fourth-order valence-electron chi connectivity index (χ4n) is 1.89. The molecule has 5 heteroatoms. The van der Waals surface area contributed by atoms with Crippen LogP contribution >= 0.6 is 0 Å². The van der Waals surface area contributed by atoms with Crippen molar-refractivity contribution >= 4 is 0 Å². The van der Waals surface area contributed by atoms with Gasteiger partial charge in [-0.1, -0.05) is 13.3 Å². The summed E-state index contributed by atoms with van der Waals surface area (Å²) in [5.74, 6) is -3.52. The lowest BCUT2D eigenvalue weighted by Gasteiger charge is -2.24. The van der Waals surface area contributed by atoms with E-state index < -0.39 is 23.0 Å². The largest absolute Gasteiger partial charge is 0.507 e. The van der Waals surface area contributed by atoms with Gasteiger partial charge in [0.15, 0.2) is 17.3 Å². The molecule has 0 saturated carbocycles. The molecule has 0 fully saturated rings. The van der Waals surface area contributed by atoms with Gasteiger partial charge in [-0.2, -0.15) is 0 Å². The van der Waals surface area contributed by atoms with Crippen LogP contribution in [0.1, 0.15) is 37.0 Å². The van der Waals surface area contributed by atoms with Gasteiger partial charge in [-0.05, 0) is 20.3 Å². The Bertz CT molecular complexity index is 432. The zero-order valence-electron chi connectivity index (χ0n) is 10.2. The topological polar surface area (TPSA) is 101 Å². The van der Waals surface area contributed by atoms with Gasteiger partial charge in [-0.3, -0.25) is 0 Å². The molecule has 0 aromatic heterocycles. The van der Waals surface area contributed by atoms with Crippen LogP contribution in [0.25, 0.3) is 0 Å². The van der Waals surface area contributed by atoms with E-state index in [0.29, 0.717) is 12.8 Å². The number of aromatic hydroxyl groups is 3. The van der Waals surface area contributed by atoms with E-state index in [0.717, 1.165) is 6.92 Å². The molecule has 0 spiro atoms. The standard InChI is InChI=1S/C12H18O5/c1-4-5-7-8(12(3,16)17)9(13)6(2)10(14)11(7)15/h13-17H,4-5H2,1-3H3. The molecule has 0 amide bonds. The third-order valence-corrected chi connectivity index (χ3v) is 2.73. The highest BCUT2D eigenvalue weighted by atomic mass is 16.5. The maximum atomic E-state index is 9.85. The van der Waals surface area contributed by atoms with Crippen LogP contribution in [0.2, 0.25) is 0 Å². The number of hydrogen-bond donors (Lipinski definition) is 5. The van der Waals surface area contributed by atoms with Gasteiger partial charge >= 0.3 is 0 Å². The number of phenolic OH excluding ortho intramolecular Hbond substituents is 3. The van der Waals surface area contributed by atoms with Crippen molar-refractivity contribution in [1.29, 1.82) is 0 Å². The fourth-order valence-corrected chi connectivity index (χ4v) is 1.89. The van der Waals surface area contributed by atoms with Crippen LogP contribution < -0.4 is 0 Å². The molecule has 17 heavy (non-hydrogen) atoms. The van der Waals surface area contributed by atoms with Crippen LogP contribution in [0, 0.1) is 6.92 Å². The Morgan fingerprint density at radius 3 is 1.94 bits per heavy atom. The van der Waals surface area contributed by atoms with Gasteiger partial charge in [0.2, 0.25) is 0 Å². The summed E-state index contributed by atoms with van der Waals surface area (Å²) in [6.45, 7) is 4.32. The third-order valence-electron chi connectivity index (χ3n) is 2.73. The monoisotopic (exact) mass is 242 g/mol.